The SMILES string of the molecule is Cc1ccsc1C(C)(O)C1CCCCC1. The summed E-state index contributed by atoms with van der Waals surface area (Å²) in [6.45, 7) is 4.10. The van der Waals surface area contributed by atoms with Crippen molar-refractivity contribution < 1.29 is 5.11 Å². The van der Waals surface area contributed by atoms with Crippen LogP contribution in [0.4, 0.5) is 0 Å². The van der Waals surface area contributed by atoms with Crippen molar-refractivity contribution in [3.05, 3.63) is 21.9 Å². The van der Waals surface area contributed by atoms with E-state index in [4.69, 9.17) is 0 Å². The van der Waals surface area contributed by atoms with E-state index >= 15 is 0 Å². The van der Waals surface area contributed by atoms with Gasteiger partial charge in [0.2, 0.25) is 0 Å². The standard InChI is InChI=1S/C13H20OS/c1-10-8-9-15-12(10)13(2,14)11-6-4-3-5-7-11/h8-9,11,14H,3-7H2,1-2H3. The summed E-state index contributed by atoms with van der Waals surface area (Å²) in [5.41, 5.74) is 0.647. The van der Waals surface area contributed by atoms with E-state index in [0.29, 0.717) is 5.92 Å². The summed E-state index contributed by atoms with van der Waals surface area (Å²) in [7, 11) is 0. The Hall–Kier alpha value is -0.340. The molecule has 1 aliphatic rings. The molecule has 1 heterocycles. The Morgan fingerprint density at radius 1 is 1.33 bits per heavy atom. The molecule has 1 fully saturated rings. The number of thiophene rings is 1. The van der Waals surface area contributed by atoms with Gasteiger partial charge in [-0.25, -0.2) is 0 Å². The maximum Gasteiger partial charge on any atom is 0.0990 e. The van der Waals surface area contributed by atoms with E-state index in [1.54, 1.807) is 11.3 Å². The Morgan fingerprint density at radius 2 is 2.00 bits per heavy atom. The fraction of sp³-hybridized carbons (Fsp3) is 0.692. The molecule has 2 heteroatoms. The quantitative estimate of drug-likeness (QED) is 0.809. The zero-order valence-corrected chi connectivity index (χ0v) is 10.4. The highest BCUT2D eigenvalue weighted by Crippen LogP contribution is 2.41. The predicted octanol–water partition coefficient (Wildman–Crippen LogP) is 3.84. The zero-order chi connectivity index (χ0) is 10.9. The van der Waals surface area contributed by atoms with Crippen LogP contribution >= 0.6 is 11.3 Å². The third kappa shape index (κ3) is 2.11. The van der Waals surface area contributed by atoms with Crippen LogP contribution in [-0.4, -0.2) is 5.11 Å². The van der Waals surface area contributed by atoms with Gasteiger partial charge in [-0.15, -0.1) is 11.3 Å². The van der Waals surface area contributed by atoms with Gasteiger partial charge in [-0.3, -0.25) is 0 Å². The first-order valence-corrected chi connectivity index (χ1v) is 6.77. The van der Waals surface area contributed by atoms with Gasteiger partial charge in [-0.2, -0.15) is 0 Å². The summed E-state index contributed by atoms with van der Waals surface area (Å²) in [5.74, 6) is 0.462. The van der Waals surface area contributed by atoms with Crippen molar-refractivity contribution in [3.8, 4) is 0 Å². The summed E-state index contributed by atoms with van der Waals surface area (Å²) >= 11 is 1.70. The van der Waals surface area contributed by atoms with Crippen molar-refractivity contribution in [2.24, 2.45) is 5.92 Å². The van der Waals surface area contributed by atoms with Gasteiger partial charge in [-0.1, -0.05) is 19.3 Å². The topological polar surface area (TPSA) is 20.2 Å². The fourth-order valence-electron chi connectivity index (χ4n) is 2.74. The van der Waals surface area contributed by atoms with Gasteiger partial charge in [0.25, 0.3) is 0 Å². The number of hydrogen-bond donors (Lipinski definition) is 1. The second-order valence-electron chi connectivity index (χ2n) is 4.92. The average Bonchev–Trinajstić information content (AvgIpc) is 2.66. The molecule has 1 unspecified atom stereocenters. The Labute approximate surface area is 96.1 Å². The lowest BCUT2D eigenvalue weighted by atomic mass is 9.76. The molecule has 0 aromatic carbocycles. The smallest absolute Gasteiger partial charge is 0.0990 e. The molecule has 1 atom stereocenters. The molecule has 0 amide bonds. The molecule has 1 aromatic heterocycles. The minimum atomic E-state index is -0.599. The molecule has 0 radical (unpaired) electrons. The highest BCUT2D eigenvalue weighted by molar-refractivity contribution is 7.10. The van der Waals surface area contributed by atoms with Crippen molar-refractivity contribution in [2.45, 2.75) is 51.6 Å². The highest BCUT2D eigenvalue weighted by Gasteiger charge is 2.36. The molecule has 84 valence electrons. The van der Waals surface area contributed by atoms with Crippen molar-refractivity contribution in [2.75, 3.05) is 0 Å². The molecule has 1 saturated carbocycles. The first kappa shape index (κ1) is 11.2. The predicted molar refractivity (Wildman–Crippen MR) is 65.2 cm³/mol. The van der Waals surface area contributed by atoms with Crippen LogP contribution in [-0.2, 0) is 5.60 Å². The number of rotatable bonds is 2. The Balaban J connectivity index is 2.21. The number of aryl methyl sites for hydroxylation is 1. The van der Waals surface area contributed by atoms with Crippen LogP contribution in [0.15, 0.2) is 11.4 Å². The molecule has 1 aromatic rings. The fourth-order valence-corrected chi connectivity index (χ4v) is 3.81. The van der Waals surface area contributed by atoms with Gasteiger partial charge in [0.05, 0.1) is 5.60 Å². The molecular weight excluding hydrogens is 204 g/mol. The first-order chi connectivity index (χ1) is 7.12. The van der Waals surface area contributed by atoms with E-state index in [1.807, 2.05) is 6.92 Å². The van der Waals surface area contributed by atoms with E-state index in [2.05, 4.69) is 18.4 Å². The first-order valence-electron chi connectivity index (χ1n) is 5.89. The van der Waals surface area contributed by atoms with E-state index in [1.165, 1.54) is 42.5 Å². The minimum absolute atomic E-state index is 0.462. The highest BCUT2D eigenvalue weighted by atomic mass is 32.1. The molecule has 0 bridgehead atoms. The Bertz CT molecular complexity index is 321. The van der Waals surface area contributed by atoms with Crippen LogP contribution < -0.4 is 0 Å². The third-order valence-electron chi connectivity index (χ3n) is 3.72. The van der Waals surface area contributed by atoms with Crippen molar-refractivity contribution >= 4 is 11.3 Å². The molecular formula is C13H20OS. The Morgan fingerprint density at radius 3 is 2.53 bits per heavy atom. The molecule has 0 aliphatic heterocycles. The van der Waals surface area contributed by atoms with Crippen LogP contribution in [0.2, 0.25) is 0 Å². The molecule has 1 N–H and O–H groups in total. The number of hydrogen-bond acceptors (Lipinski definition) is 2. The average molecular weight is 224 g/mol. The summed E-state index contributed by atoms with van der Waals surface area (Å²) in [6, 6.07) is 2.11. The Kier molecular flexibility index (Phi) is 3.17. The van der Waals surface area contributed by atoms with E-state index in [0.717, 1.165) is 0 Å². The monoisotopic (exact) mass is 224 g/mol. The van der Waals surface area contributed by atoms with Gasteiger partial charge < -0.3 is 5.11 Å². The molecule has 15 heavy (non-hydrogen) atoms. The third-order valence-corrected chi connectivity index (χ3v) is 4.97. The van der Waals surface area contributed by atoms with Gasteiger partial charge in [0.15, 0.2) is 0 Å². The van der Waals surface area contributed by atoms with Gasteiger partial charge in [0, 0.05) is 4.88 Å². The van der Waals surface area contributed by atoms with Crippen molar-refractivity contribution in [3.63, 3.8) is 0 Å². The normalized spacial score (nSPS) is 22.6. The van der Waals surface area contributed by atoms with Crippen molar-refractivity contribution in [1.82, 2.24) is 0 Å². The summed E-state index contributed by atoms with van der Waals surface area (Å²) in [4.78, 5) is 1.18. The molecule has 2 rings (SSSR count). The maximum atomic E-state index is 10.7. The molecule has 1 aliphatic carbocycles. The molecule has 1 nitrogen and oxygen atoms in total. The summed E-state index contributed by atoms with van der Waals surface area (Å²) in [6.07, 6.45) is 6.28. The van der Waals surface area contributed by atoms with E-state index in [9.17, 15) is 5.11 Å². The second-order valence-corrected chi connectivity index (χ2v) is 5.83. The lowest BCUT2D eigenvalue weighted by Gasteiger charge is -2.35. The van der Waals surface area contributed by atoms with Gasteiger partial charge in [-0.05, 0) is 49.6 Å². The van der Waals surface area contributed by atoms with Crippen LogP contribution in [0.5, 0.6) is 0 Å². The minimum Gasteiger partial charge on any atom is -0.384 e. The van der Waals surface area contributed by atoms with E-state index in [-0.39, 0.29) is 0 Å². The van der Waals surface area contributed by atoms with E-state index < -0.39 is 5.60 Å². The zero-order valence-electron chi connectivity index (χ0n) is 9.62. The molecule has 0 spiro atoms. The lowest BCUT2D eigenvalue weighted by molar-refractivity contribution is -0.0187. The van der Waals surface area contributed by atoms with Crippen molar-refractivity contribution in [1.29, 1.82) is 0 Å². The number of aliphatic hydroxyl groups is 1. The van der Waals surface area contributed by atoms with Gasteiger partial charge >= 0.3 is 0 Å². The second kappa shape index (κ2) is 4.26. The van der Waals surface area contributed by atoms with Crippen LogP contribution in [0.25, 0.3) is 0 Å². The summed E-state index contributed by atoms with van der Waals surface area (Å²) < 4.78 is 0. The maximum absolute atomic E-state index is 10.7. The van der Waals surface area contributed by atoms with Gasteiger partial charge in [0.1, 0.15) is 0 Å². The summed E-state index contributed by atoms with van der Waals surface area (Å²) in [5, 5.41) is 12.8. The largest absolute Gasteiger partial charge is 0.384 e. The molecule has 0 saturated heterocycles. The lowest BCUT2D eigenvalue weighted by Crippen LogP contribution is -2.33. The van der Waals surface area contributed by atoms with Crippen LogP contribution in [0.3, 0.4) is 0 Å². The van der Waals surface area contributed by atoms with Crippen LogP contribution in [0.1, 0.15) is 49.5 Å². The van der Waals surface area contributed by atoms with Crippen LogP contribution in [0, 0.1) is 12.8 Å².